The van der Waals surface area contributed by atoms with E-state index in [-0.39, 0.29) is 5.90 Å². The molecule has 0 aliphatic rings. The molecular weight excluding hydrogens is 220 g/mol. The summed E-state index contributed by atoms with van der Waals surface area (Å²) in [6, 6.07) is 9.54. The largest absolute Gasteiger partial charge is 0.481 e. The SMILES string of the molecule is COC(=O)C(C#N)N=C(OC)c1ccccc1. The van der Waals surface area contributed by atoms with Crippen LogP contribution in [0.3, 0.4) is 0 Å². The van der Waals surface area contributed by atoms with Gasteiger partial charge in [-0.05, 0) is 12.1 Å². The van der Waals surface area contributed by atoms with E-state index in [0.29, 0.717) is 5.56 Å². The fourth-order valence-corrected chi connectivity index (χ4v) is 1.19. The molecule has 0 aliphatic heterocycles. The van der Waals surface area contributed by atoms with Crippen LogP contribution >= 0.6 is 0 Å². The maximum Gasteiger partial charge on any atom is 0.345 e. The summed E-state index contributed by atoms with van der Waals surface area (Å²) in [5, 5.41) is 8.81. The lowest BCUT2D eigenvalue weighted by Gasteiger charge is -2.07. The number of ether oxygens (including phenoxy) is 2. The third-order valence-corrected chi connectivity index (χ3v) is 2.01. The Labute approximate surface area is 99.3 Å². The Bertz CT molecular complexity index is 449. The predicted octanol–water partition coefficient (Wildman–Crippen LogP) is 1.14. The highest BCUT2D eigenvalue weighted by atomic mass is 16.5. The number of methoxy groups -OCH3 is 2. The molecule has 1 rings (SSSR count). The second-order valence-electron chi connectivity index (χ2n) is 3.06. The summed E-state index contributed by atoms with van der Waals surface area (Å²) < 4.78 is 9.51. The summed E-state index contributed by atoms with van der Waals surface area (Å²) >= 11 is 0. The highest BCUT2D eigenvalue weighted by Crippen LogP contribution is 2.04. The van der Waals surface area contributed by atoms with E-state index in [9.17, 15) is 4.79 Å². The fraction of sp³-hybridized carbons (Fsp3) is 0.250. The van der Waals surface area contributed by atoms with Crippen LogP contribution in [0.5, 0.6) is 0 Å². The lowest BCUT2D eigenvalue weighted by Crippen LogP contribution is -2.21. The van der Waals surface area contributed by atoms with E-state index in [1.807, 2.05) is 18.2 Å². The Morgan fingerprint density at radius 1 is 1.29 bits per heavy atom. The first-order valence-corrected chi connectivity index (χ1v) is 4.87. The monoisotopic (exact) mass is 232 g/mol. The fourth-order valence-electron chi connectivity index (χ4n) is 1.19. The molecule has 0 heterocycles. The van der Waals surface area contributed by atoms with E-state index >= 15 is 0 Å². The maximum absolute atomic E-state index is 11.2. The van der Waals surface area contributed by atoms with Crippen LogP contribution < -0.4 is 0 Å². The molecule has 1 aromatic rings. The van der Waals surface area contributed by atoms with Gasteiger partial charge in [0.15, 0.2) is 0 Å². The number of hydrogen-bond donors (Lipinski definition) is 0. The van der Waals surface area contributed by atoms with Gasteiger partial charge in [-0.2, -0.15) is 5.26 Å². The minimum Gasteiger partial charge on any atom is -0.481 e. The summed E-state index contributed by atoms with van der Waals surface area (Å²) in [7, 11) is 2.63. The van der Waals surface area contributed by atoms with E-state index in [1.54, 1.807) is 18.2 Å². The lowest BCUT2D eigenvalue weighted by atomic mass is 10.2. The van der Waals surface area contributed by atoms with Crippen LogP contribution in [0.4, 0.5) is 0 Å². The number of carbonyl (C=O) groups excluding carboxylic acids is 1. The molecule has 5 heteroatoms. The number of benzene rings is 1. The van der Waals surface area contributed by atoms with Crippen molar-refractivity contribution >= 4 is 11.9 Å². The third kappa shape index (κ3) is 3.31. The second kappa shape index (κ2) is 6.28. The third-order valence-electron chi connectivity index (χ3n) is 2.01. The molecular formula is C12H12N2O3. The van der Waals surface area contributed by atoms with Crippen LogP contribution in [0.25, 0.3) is 0 Å². The lowest BCUT2D eigenvalue weighted by molar-refractivity contribution is -0.140. The van der Waals surface area contributed by atoms with Gasteiger partial charge in [-0.1, -0.05) is 18.2 Å². The van der Waals surface area contributed by atoms with Crippen molar-refractivity contribution in [1.29, 1.82) is 5.26 Å². The van der Waals surface area contributed by atoms with E-state index in [0.717, 1.165) is 0 Å². The van der Waals surface area contributed by atoms with E-state index in [4.69, 9.17) is 10.00 Å². The highest BCUT2D eigenvalue weighted by molar-refractivity contribution is 5.96. The van der Waals surface area contributed by atoms with Gasteiger partial charge in [-0.3, -0.25) is 0 Å². The van der Waals surface area contributed by atoms with Crippen molar-refractivity contribution in [3.05, 3.63) is 35.9 Å². The number of hydrogen-bond acceptors (Lipinski definition) is 5. The number of esters is 1. The van der Waals surface area contributed by atoms with Gasteiger partial charge < -0.3 is 9.47 Å². The molecule has 0 spiro atoms. The maximum atomic E-state index is 11.2. The molecule has 1 aromatic carbocycles. The van der Waals surface area contributed by atoms with E-state index < -0.39 is 12.0 Å². The molecule has 1 unspecified atom stereocenters. The van der Waals surface area contributed by atoms with Crippen molar-refractivity contribution in [2.45, 2.75) is 6.04 Å². The average molecular weight is 232 g/mol. The summed E-state index contributed by atoms with van der Waals surface area (Å²) in [4.78, 5) is 15.1. The number of rotatable bonds is 3. The number of carbonyl (C=O) groups is 1. The van der Waals surface area contributed by atoms with Gasteiger partial charge in [0.05, 0.1) is 14.2 Å². The van der Waals surface area contributed by atoms with Gasteiger partial charge in [-0.15, -0.1) is 0 Å². The summed E-state index contributed by atoms with van der Waals surface area (Å²) in [5.41, 5.74) is 0.694. The Morgan fingerprint density at radius 2 is 1.94 bits per heavy atom. The first-order valence-electron chi connectivity index (χ1n) is 4.87. The Morgan fingerprint density at radius 3 is 2.41 bits per heavy atom. The number of nitrogens with zero attached hydrogens (tertiary/aromatic N) is 2. The Balaban J connectivity index is 3.02. The van der Waals surface area contributed by atoms with Crippen molar-refractivity contribution in [3.8, 4) is 6.07 Å². The zero-order valence-electron chi connectivity index (χ0n) is 9.58. The molecule has 0 N–H and O–H groups in total. The van der Waals surface area contributed by atoms with Crippen LogP contribution in [-0.2, 0) is 14.3 Å². The first-order chi connectivity index (χ1) is 8.22. The molecule has 17 heavy (non-hydrogen) atoms. The minimum absolute atomic E-state index is 0.225. The zero-order valence-corrected chi connectivity index (χ0v) is 9.58. The molecule has 0 saturated heterocycles. The molecule has 0 amide bonds. The van der Waals surface area contributed by atoms with Crippen molar-refractivity contribution in [1.82, 2.24) is 0 Å². The first kappa shape index (κ1) is 12.7. The van der Waals surface area contributed by atoms with Gasteiger partial charge in [0.25, 0.3) is 0 Å². The second-order valence-corrected chi connectivity index (χ2v) is 3.06. The van der Waals surface area contributed by atoms with Crippen LogP contribution in [-0.4, -0.2) is 32.1 Å². The summed E-state index contributed by atoms with van der Waals surface area (Å²) in [6.07, 6.45) is 0. The smallest absolute Gasteiger partial charge is 0.345 e. The molecule has 0 fully saturated rings. The number of nitriles is 1. The molecule has 0 aliphatic carbocycles. The molecule has 1 atom stereocenters. The van der Waals surface area contributed by atoms with Crippen molar-refractivity contribution in [2.75, 3.05) is 14.2 Å². The zero-order chi connectivity index (χ0) is 12.7. The summed E-state index contributed by atoms with van der Waals surface area (Å²) in [6.45, 7) is 0. The summed E-state index contributed by atoms with van der Waals surface area (Å²) in [5.74, 6) is -0.486. The van der Waals surface area contributed by atoms with Gasteiger partial charge in [0.2, 0.25) is 11.9 Å². The van der Waals surface area contributed by atoms with Crippen LogP contribution in [0.2, 0.25) is 0 Å². The van der Waals surface area contributed by atoms with Gasteiger partial charge in [-0.25, -0.2) is 9.79 Å². The molecule has 0 saturated carbocycles. The number of aliphatic imine (C=N–C) groups is 1. The average Bonchev–Trinajstić information content (AvgIpc) is 2.40. The normalized spacial score (nSPS) is 12.4. The van der Waals surface area contributed by atoms with Crippen LogP contribution in [0.1, 0.15) is 5.56 Å². The topological polar surface area (TPSA) is 71.7 Å². The van der Waals surface area contributed by atoms with E-state index in [2.05, 4.69) is 9.73 Å². The molecule has 0 aromatic heterocycles. The minimum atomic E-state index is -1.21. The van der Waals surface area contributed by atoms with Crippen LogP contribution in [0.15, 0.2) is 35.3 Å². The van der Waals surface area contributed by atoms with E-state index in [1.165, 1.54) is 14.2 Å². The van der Waals surface area contributed by atoms with Crippen molar-refractivity contribution < 1.29 is 14.3 Å². The molecule has 5 nitrogen and oxygen atoms in total. The molecule has 0 bridgehead atoms. The quantitative estimate of drug-likeness (QED) is 0.445. The predicted molar refractivity (Wildman–Crippen MR) is 61.4 cm³/mol. The highest BCUT2D eigenvalue weighted by Gasteiger charge is 2.18. The Hall–Kier alpha value is -2.35. The standard InChI is InChI=1S/C12H12N2O3/c1-16-11(9-6-4-3-5-7-9)14-10(8-13)12(15)17-2/h3-7,10H,1-2H3. The Kier molecular flexibility index (Phi) is 4.70. The van der Waals surface area contributed by atoms with Crippen molar-refractivity contribution in [3.63, 3.8) is 0 Å². The molecule has 0 radical (unpaired) electrons. The van der Waals surface area contributed by atoms with Gasteiger partial charge in [0, 0.05) is 5.56 Å². The van der Waals surface area contributed by atoms with Gasteiger partial charge >= 0.3 is 5.97 Å². The molecule has 88 valence electrons. The van der Waals surface area contributed by atoms with Crippen LogP contribution in [0, 0.1) is 11.3 Å². The van der Waals surface area contributed by atoms with Gasteiger partial charge in [0.1, 0.15) is 6.07 Å². The van der Waals surface area contributed by atoms with Crippen molar-refractivity contribution in [2.24, 2.45) is 4.99 Å².